The summed E-state index contributed by atoms with van der Waals surface area (Å²) in [6.45, 7) is 1.94. The van der Waals surface area contributed by atoms with Crippen LogP contribution in [0.3, 0.4) is 0 Å². The molecule has 1 aromatic carbocycles. The molecule has 86 valence electrons. The summed E-state index contributed by atoms with van der Waals surface area (Å²) in [4.78, 5) is 2.65. The minimum Gasteiger partial charge on any atom is -0.207 e. The van der Waals surface area contributed by atoms with Crippen LogP contribution in [0.4, 0.5) is 0 Å². The molecule has 0 spiro atoms. The predicted octanol–water partition coefficient (Wildman–Crippen LogP) is 3.34. The van der Waals surface area contributed by atoms with Crippen LogP contribution in [0.25, 0.3) is 10.4 Å². The van der Waals surface area contributed by atoms with Crippen molar-refractivity contribution in [2.24, 2.45) is 5.11 Å². The Morgan fingerprint density at radius 2 is 2.19 bits per heavy atom. The third-order valence-electron chi connectivity index (χ3n) is 2.01. The summed E-state index contributed by atoms with van der Waals surface area (Å²) in [5.74, 6) is 0. The molecule has 8 heteroatoms. The zero-order valence-electron chi connectivity index (χ0n) is 8.18. The van der Waals surface area contributed by atoms with Gasteiger partial charge < -0.3 is 0 Å². The monoisotopic (exact) mass is 371 g/mol. The summed E-state index contributed by atoms with van der Waals surface area (Å²) < 4.78 is 23.1. The summed E-state index contributed by atoms with van der Waals surface area (Å²) >= 11 is 2.01. The first-order valence-electron chi connectivity index (χ1n) is 4.11. The van der Waals surface area contributed by atoms with E-state index in [1.54, 1.807) is 0 Å². The molecule has 0 radical (unpaired) electrons. The van der Waals surface area contributed by atoms with Crippen LogP contribution in [0, 0.1) is 10.5 Å². The highest BCUT2D eigenvalue weighted by molar-refractivity contribution is 14.1. The molecule has 0 unspecified atom stereocenters. The molecule has 0 aliphatic rings. The van der Waals surface area contributed by atoms with E-state index in [0.29, 0.717) is 5.56 Å². The molecule has 0 bridgehead atoms. The van der Waals surface area contributed by atoms with E-state index in [9.17, 15) is 8.42 Å². The summed E-state index contributed by atoms with van der Waals surface area (Å²) in [6, 6.07) is 2.91. The maximum Gasteiger partial charge on any atom is 0.261 e. The Balaban J connectivity index is 3.38. The van der Waals surface area contributed by atoms with Gasteiger partial charge in [-0.1, -0.05) is 5.11 Å². The second-order valence-corrected chi connectivity index (χ2v) is 6.74. The van der Waals surface area contributed by atoms with E-state index in [1.807, 2.05) is 29.5 Å². The lowest BCUT2D eigenvalue weighted by Crippen LogP contribution is -1.97. The van der Waals surface area contributed by atoms with Gasteiger partial charge in [0.2, 0.25) is 0 Å². The molecule has 0 atom stereocenters. The molecule has 0 aliphatic heterocycles. The molecule has 16 heavy (non-hydrogen) atoms. The van der Waals surface area contributed by atoms with Crippen LogP contribution < -0.4 is 0 Å². The Morgan fingerprint density at radius 1 is 1.56 bits per heavy atom. The number of benzene rings is 1. The van der Waals surface area contributed by atoms with Gasteiger partial charge in [-0.05, 0) is 58.3 Å². The first kappa shape index (κ1) is 13.6. The van der Waals surface area contributed by atoms with Crippen molar-refractivity contribution < 1.29 is 8.42 Å². The highest BCUT2D eigenvalue weighted by atomic mass is 127. The summed E-state index contributed by atoms with van der Waals surface area (Å²) in [6.07, 6.45) is 0. The van der Waals surface area contributed by atoms with Crippen molar-refractivity contribution in [3.8, 4) is 0 Å². The zero-order chi connectivity index (χ0) is 12.3. The minimum atomic E-state index is -3.76. The van der Waals surface area contributed by atoms with Gasteiger partial charge in [-0.15, -0.1) is 0 Å². The van der Waals surface area contributed by atoms with Crippen LogP contribution in [0.2, 0.25) is 0 Å². The summed E-state index contributed by atoms with van der Waals surface area (Å²) in [5.41, 5.74) is 9.77. The second-order valence-electron chi connectivity index (χ2n) is 3.02. The maximum atomic E-state index is 11.2. The molecule has 5 nitrogen and oxygen atoms in total. The lowest BCUT2D eigenvalue weighted by Gasteiger charge is -2.07. The molecule has 0 fully saturated rings. The van der Waals surface area contributed by atoms with E-state index in [4.69, 9.17) is 16.2 Å². The van der Waals surface area contributed by atoms with E-state index >= 15 is 0 Å². The van der Waals surface area contributed by atoms with Crippen molar-refractivity contribution >= 4 is 42.3 Å². The van der Waals surface area contributed by atoms with Gasteiger partial charge in [0.05, 0.1) is 11.4 Å². The van der Waals surface area contributed by atoms with Crippen LogP contribution in [0.1, 0.15) is 11.1 Å². The van der Waals surface area contributed by atoms with Crippen molar-refractivity contribution in [3.05, 3.63) is 37.3 Å². The number of nitrogens with zero attached hydrogens (tertiary/aromatic N) is 3. The van der Waals surface area contributed by atoms with Crippen LogP contribution in [0.5, 0.6) is 0 Å². The molecule has 0 aromatic heterocycles. The fraction of sp³-hybridized carbons (Fsp3) is 0.250. The molecule has 0 saturated heterocycles. The standard InChI is InChI=1S/C8H7ClIN3O2S/c1-5-6(4-12-13-11)2-7(3-8(5)10)16(9,14)15/h2-3H,4H2,1H3. The van der Waals surface area contributed by atoms with Crippen LogP contribution in [0.15, 0.2) is 22.1 Å². The third-order valence-corrected chi connectivity index (χ3v) is 4.46. The van der Waals surface area contributed by atoms with E-state index in [0.717, 1.165) is 9.13 Å². The predicted molar refractivity (Wildman–Crippen MR) is 69.8 cm³/mol. The lowest BCUT2D eigenvalue weighted by atomic mass is 10.1. The molecule has 0 heterocycles. The largest absolute Gasteiger partial charge is 0.261 e. The molecule has 0 saturated carbocycles. The molecule has 0 N–H and O–H groups in total. The van der Waals surface area contributed by atoms with Gasteiger partial charge in [-0.2, -0.15) is 0 Å². The molecular weight excluding hydrogens is 365 g/mol. The smallest absolute Gasteiger partial charge is 0.207 e. The van der Waals surface area contributed by atoms with Crippen LogP contribution >= 0.6 is 33.3 Å². The Hall–Kier alpha value is -0.500. The van der Waals surface area contributed by atoms with E-state index in [2.05, 4.69) is 10.0 Å². The Bertz CT molecular complexity index is 567. The fourth-order valence-electron chi connectivity index (χ4n) is 1.12. The van der Waals surface area contributed by atoms with E-state index < -0.39 is 9.05 Å². The van der Waals surface area contributed by atoms with Gasteiger partial charge in [0.15, 0.2) is 0 Å². The van der Waals surface area contributed by atoms with Crippen LogP contribution in [-0.2, 0) is 15.6 Å². The van der Waals surface area contributed by atoms with Gasteiger partial charge in [-0.25, -0.2) is 8.42 Å². The zero-order valence-corrected chi connectivity index (χ0v) is 11.9. The van der Waals surface area contributed by atoms with Crippen molar-refractivity contribution in [1.82, 2.24) is 0 Å². The molecule has 1 rings (SSSR count). The highest BCUT2D eigenvalue weighted by Gasteiger charge is 2.14. The Kier molecular flexibility index (Phi) is 4.43. The first-order chi connectivity index (χ1) is 7.36. The van der Waals surface area contributed by atoms with Crippen molar-refractivity contribution in [2.45, 2.75) is 18.4 Å². The van der Waals surface area contributed by atoms with Gasteiger partial charge in [0.25, 0.3) is 9.05 Å². The number of hydrogen-bond acceptors (Lipinski definition) is 3. The number of halogens is 2. The van der Waals surface area contributed by atoms with Crippen molar-refractivity contribution in [3.63, 3.8) is 0 Å². The normalized spacial score (nSPS) is 10.9. The second kappa shape index (κ2) is 5.22. The third kappa shape index (κ3) is 3.24. The van der Waals surface area contributed by atoms with Gasteiger partial charge >= 0.3 is 0 Å². The topological polar surface area (TPSA) is 82.9 Å². The van der Waals surface area contributed by atoms with E-state index in [1.165, 1.54) is 12.1 Å². The first-order valence-corrected chi connectivity index (χ1v) is 7.49. The van der Waals surface area contributed by atoms with Gasteiger partial charge in [-0.3, -0.25) is 0 Å². The summed E-state index contributed by atoms with van der Waals surface area (Å²) in [7, 11) is 1.50. The molecule has 1 aromatic rings. The summed E-state index contributed by atoms with van der Waals surface area (Å²) in [5, 5.41) is 3.41. The maximum absolute atomic E-state index is 11.2. The van der Waals surface area contributed by atoms with E-state index in [-0.39, 0.29) is 11.4 Å². The van der Waals surface area contributed by atoms with Crippen molar-refractivity contribution in [1.29, 1.82) is 0 Å². The average molecular weight is 372 g/mol. The molecule has 0 amide bonds. The molecule has 0 aliphatic carbocycles. The Morgan fingerprint density at radius 3 is 2.69 bits per heavy atom. The number of rotatable bonds is 3. The lowest BCUT2D eigenvalue weighted by molar-refractivity contribution is 0.609. The van der Waals surface area contributed by atoms with Gasteiger partial charge in [0.1, 0.15) is 0 Å². The van der Waals surface area contributed by atoms with Crippen molar-refractivity contribution in [2.75, 3.05) is 0 Å². The highest BCUT2D eigenvalue weighted by Crippen LogP contribution is 2.24. The quantitative estimate of drug-likeness (QED) is 0.268. The minimum absolute atomic E-state index is 0.0207. The SMILES string of the molecule is Cc1c(I)cc(S(=O)(=O)Cl)cc1CN=[N+]=[N-]. The number of hydrogen-bond donors (Lipinski definition) is 0. The van der Waals surface area contributed by atoms with Gasteiger partial charge in [0, 0.05) is 19.2 Å². The van der Waals surface area contributed by atoms with Crippen LogP contribution in [-0.4, -0.2) is 8.42 Å². The Labute approximate surface area is 111 Å². The fourth-order valence-corrected chi connectivity index (χ4v) is 2.82. The molecular formula is C8H7ClIN3O2S. The average Bonchev–Trinajstić information content (AvgIpc) is 2.18. The number of azide groups is 1.